The van der Waals surface area contributed by atoms with Gasteiger partial charge in [-0.2, -0.15) is 0 Å². The first-order valence-electron chi connectivity index (χ1n) is 8.94. The van der Waals surface area contributed by atoms with Crippen LogP contribution in [0.25, 0.3) is 0 Å². The highest BCUT2D eigenvalue weighted by Crippen LogP contribution is 2.47. The van der Waals surface area contributed by atoms with Crippen LogP contribution in [0.4, 0.5) is 9.18 Å². The summed E-state index contributed by atoms with van der Waals surface area (Å²) in [6.07, 6.45) is 4.08. The maximum atomic E-state index is 13.1. The largest absolute Gasteiger partial charge is 0.337 e. The Kier molecular flexibility index (Phi) is 3.98. The molecule has 1 fully saturated rings. The minimum absolute atomic E-state index is 0.0161. The van der Waals surface area contributed by atoms with Crippen molar-refractivity contribution < 1.29 is 9.18 Å². The van der Waals surface area contributed by atoms with Gasteiger partial charge in [-0.3, -0.25) is 0 Å². The maximum Gasteiger partial charge on any atom is 0.317 e. The van der Waals surface area contributed by atoms with Gasteiger partial charge in [0.15, 0.2) is 0 Å². The molecule has 1 unspecified atom stereocenters. The van der Waals surface area contributed by atoms with E-state index in [0.717, 1.165) is 31.2 Å². The zero-order valence-corrected chi connectivity index (χ0v) is 14.5. The van der Waals surface area contributed by atoms with Crippen molar-refractivity contribution in [2.24, 2.45) is 0 Å². The smallest absolute Gasteiger partial charge is 0.317 e. The Morgan fingerprint density at radius 3 is 2.64 bits per heavy atom. The molecule has 1 N–H and O–H groups in total. The van der Waals surface area contributed by atoms with Crippen molar-refractivity contribution in [2.75, 3.05) is 13.6 Å². The molecule has 0 radical (unpaired) electrons. The summed E-state index contributed by atoms with van der Waals surface area (Å²) in [5.41, 5.74) is 3.71. The molecule has 0 heterocycles. The van der Waals surface area contributed by atoms with E-state index in [-0.39, 0.29) is 23.3 Å². The van der Waals surface area contributed by atoms with Crippen LogP contribution in [-0.2, 0) is 11.8 Å². The van der Waals surface area contributed by atoms with Crippen molar-refractivity contribution in [3.8, 4) is 0 Å². The lowest BCUT2D eigenvalue weighted by Crippen LogP contribution is -2.42. The minimum Gasteiger partial charge on any atom is -0.337 e. The highest BCUT2D eigenvalue weighted by Gasteiger charge is 2.44. The summed E-state index contributed by atoms with van der Waals surface area (Å²) in [4.78, 5) is 14.5. The van der Waals surface area contributed by atoms with Gasteiger partial charge >= 0.3 is 6.03 Å². The van der Waals surface area contributed by atoms with E-state index in [4.69, 9.17) is 0 Å². The third-order valence-corrected chi connectivity index (χ3v) is 5.78. The molecule has 2 amide bonds. The SMILES string of the molecule is CN(C(=O)NCC1(c2ccc(F)cc2)CC1)C1CCc2ccccc21. The summed E-state index contributed by atoms with van der Waals surface area (Å²) in [7, 11) is 1.87. The number of urea groups is 1. The molecular formula is C21H23FN2O. The molecular weight excluding hydrogens is 315 g/mol. The molecule has 2 aliphatic rings. The van der Waals surface area contributed by atoms with E-state index in [1.54, 1.807) is 0 Å². The Bertz CT molecular complexity index is 783. The molecule has 0 bridgehead atoms. The zero-order chi connectivity index (χ0) is 17.4. The number of hydrogen-bond donors (Lipinski definition) is 1. The molecule has 0 saturated heterocycles. The van der Waals surface area contributed by atoms with Gasteiger partial charge < -0.3 is 10.2 Å². The molecule has 2 aromatic rings. The van der Waals surface area contributed by atoms with Gasteiger partial charge in [-0.1, -0.05) is 36.4 Å². The second-order valence-corrected chi connectivity index (χ2v) is 7.31. The normalized spacial score (nSPS) is 20.0. The van der Waals surface area contributed by atoms with Gasteiger partial charge in [0, 0.05) is 19.0 Å². The molecule has 4 rings (SSSR count). The molecule has 25 heavy (non-hydrogen) atoms. The van der Waals surface area contributed by atoms with Crippen LogP contribution in [0, 0.1) is 5.82 Å². The third-order valence-electron chi connectivity index (χ3n) is 5.78. The summed E-state index contributed by atoms with van der Waals surface area (Å²) < 4.78 is 13.1. The molecule has 3 nitrogen and oxygen atoms in total. The van der Waals surface area contributed by atoms with Gasteiger partial charge in [-0.05, 0) is 54.5 Å². The average molecular weight is 338 g/mol. The summed E-state index contributed by atoms with van der Waals surface area (Å²) in [6.45, 7) is 0.607. The quantitative estimate of drug-likeness (QED) is 0.891. The Balaban J connectivity index is 1.40. The second kappa shape index (κ2) is 6.17. The number of amides is 2. The number of nitrogens with one attached hydrogen (secondary N) is 1. The maximum absolute atomic E-state index is 13.1. The highest BCUT2D eigenvalue weighted by molar-refractivity contribution is 5.75. The van der Waals surface area contributed by atoms with E-state index in [0.29, 0.717) is 6.54 Å². The first kappa shape index (κ1) is 16.1. The Labute approximate surface area is 147 Å². The van der Waals surface area contributed by atoms with Gasteiger partial charge in [0.05, 0.1) is 6.04 Å². The van der Waals surface area contributed by atoms with Crippen molar-refractivity contribution in [1.29, 1.82) is 0 Å². The van der Waals surface area contributed by atoms with Crippen LogP contribution in [0.5, 0.6) is 0 Å². The van der Waals surface area contributed by atoms with E-state index in [2.05, 4.69) is 23.5 Å². The molecule has 2 aliphatic carbocycles. The molecule has 4 heteroatoms. The van der Waals surface area contributed by atoms with Crippen molar-refractivity contribution in [1.82, 2.24) is 10.2 Å². The number of aryl methyl sites for hydroxylation is 1. The van der Waals surface area contributed by atoms with Crippen LogP contribution in [0.1, 0.15) is 42.0 Å². The fourth-order valence-corrected chi connectivity index (χ4v) is 3.97. The lowest BCUT2D eigenvalue weighted by molar-refractivity contribution is 0.189. The summed E-state index contributed by atoms with van der Waals surface area (Å²) in [6, 6.07) is 15.2. The number of halogens is 1. The van der Waals surface area contributed by atoms with Crippen LogP contribution >= 0.6 is 0 Å². The van der Waals surface area contributed by atoms with Gasteiger partial charge in [-0.25, -0.2) is 9.18 Å². The third kappa shape index (κ3) is 3.01. The average Bonchev–Trinajstić information content (AvgIpc) is 3.31. The second-order valence-electron chi connectivity index (χ2n) is 7.31. The van der Waals surface area contributed by atoms with Gasteiger partial charge in [0.25, 0.3) is 0 Å². The number of hydrogen-bond acceptors (Lipinski definition) is 1. The van der Waals surface area contributed by atoms with Crippen LogP contribution < -0.4 is 5.32 Å². The van der Waals surface area contributed by atoms with Gasteiger partial charge in [0.2, 0.25) is 0 Å². The number of benzene rings is 2. The fourth-order valence-electron chi connectivity index (χ4n) is 3.97. The minimum atomic E-state index is -0.219. The Hall–Kier alpha value is -2.36. The number of nitrogens with zero attached hydrogens (tertiary/aromatic N) is 1. The van der Waals surface area contributed by atoms with E-state index < -0.39 is 0 Å². The molecule has 1 saturated carbocycles. The van der Waals surface area contributed by atoms with Crippen molar-refractivity contribution >= 4 is 6.03 Å². The lowest BCUT2D eigenvalue weighted by Gasteiger charge is -2.27. The van der Waals surface area contributed by atoms with Crippen molar-refractivity contribution in [3.05, 3.63) is 71.0 Å². The summed E-state index contributed by atoms with van der Waals surface area (Å²) in [5, 5.41) is 3.10. The number of carbonyl (C=O) groups is 1. The summed E-state index contributed by atoms with van der Waals surface area (Å²) >= 11 is 0. The van der Waals surface area contributed by atoms with E-state index >= 15 is 0 Å². The highest BCUT2D eigenvalue weighted by atomic mass is 19.1. The number of fused-ring (bicyclic) bond motifs is 1. The van der Waals surface area contributed by atoms with Crippen LogP contribution in [0.3, 0.4) is 0 Å². The molecule has 0 aliphatic heterocycles. The zero-order valence-electron chi connectivity index (χ0n) is 14.5. The molecule has 130 valence electrons. The first-order chi connectivity index (χ1) is 12.1. The predicted molar refractivity (Wildman–Crippen MR) is 96.0 cm³/mol. The van der Waals surface area contributed by atoms with E-state index in [1.807, 2.05) is 30.1 Å². The van der Waals surface area contributed by atoms with Crippen LogP contribution in [-0.4, -0.2) is 24.5 Å². The number of carbonyl (C=O) groups excluding carboxylic acids is 1. The lowest BCUT2D eigenvalue weighted by atomic mass is 9.96. The van der Waals surface area contributed by atoms with E-state index in [1.165, 1.54) is 23.3 Å². The molecule has 0 spiro atoms. The van der Waals surface area contributed by atoms with Crippen LogP contribution in [0.15, 0.2) is 48.5 Å². The van der Waals surface area contributed by atoms with Crippen molar-refractivity contribution in [2.45, 2.75) is 37.1 Å². The summed E-state index contributed by atoms with van der Waals surface area (Å²) in [5.74, 6) is -0.219. The Morgan fingerprint density at radius 1 is 1.20 bits per heavy atom. The topological polar surface area (TPSA) is 32.3 Å². The van der Waals surface area contributed by atoms with Crippen LogP contribution in [0.2, 0.25) is 0 Å². The Morgan fingerprint density at radius 2 is 1.92 bits per heavy atom. The van der Waals surface area contributed by atoms with Gasteiger partial charge in [0.1, 0.15) is 5.82 Å². The monoisotopic (exact) mass is 338 g/mol. The van der Waals surface area contributed by atoms with Crippen molar-refractivity contribution in [3.63, 3.8) is 0 Å². The first-order valence-corrected chi connectivity index (χ1v) is 8.94. The molecule has 1 atom stereocenters. The van der Waals surface area contributed by atoms with E-state index in [9.17, 15) is 9.18 Å². The standard InChI is InChI=1S/C21H23FN2O/c1-24(19-11-6-15-4-2-3-5-18(15)19)20(25)23-14-21(12-13-21)16-7-9-17(22)10-8-16/h2-5,7-10,19H,6,11-14H2,1H3,(H,23,25). The molecule has 0 aromatic heterocycles. The fraction of sp³-hybridized carbons (Fsp3) is 0.381. The molecule has 2 aromatic carbocycles. The predicted octanol–water partition coefficient (Wildman–Crippen LogP) is 4.19. The van der Waals surface area contributed by atoms with Gasteiger partial charge in [-0.15, -0.1) is 0 Å². The number of rotatable bonds is 4.